The van der Waals surface area contributed by atoms with E-state index in [0.29, 0.717) is 0 Å². The minimum atomic E-state index is -0.349. The zero-order chi connectivity index (χ0) is 14.0. The van der Waals surface area contributed by atoms with Crippen LogP contribution in [0.15, 0.2) is 47.8 Å². The Balaban J connectivity index is 2.36. The Morgan fingerprint density at radius 2 is 1.89 bits per heavy atom. The van der Waals surface area contributed by atoms with Gasteiger partial charge in [-0.1, -0.05) is 24.3 Å². The molecule has 1 aliphatic heterocycles. The van der Waals surface area contributed by atoms with Crippen molar-refractivity contribution in [3.63, 3.8) is 0 Å². The lowest BCUT2D eigenvalue weighted by Gasteiger charge is -2.30. The number of hydrogen-bond acceptors (Lipinski definition) is 3. The number of allylic oxidation sites excluding steroid dienone is 4. The van der Waals surface area contributed by atoms with Crippen molar-refractivity contribution in [2.24, 2.45) is 0 Å². The Labute approximate surface area is 113 Å². The Kier molecular flexibility index (Phi) is 3.69. The molecule has 0 N–H and O–H groups in total. The van der Waals surface area contributed by atoms with Gasteiger partial charge in [-0.2, -0.15) is 0 Å². The normalized spacial score (nSPS) is 16.1. The van der Waals surface area contributed by atoms with Crippen LogP contribution in [0.2, 0.25) is 0 Å². The van der Waals surface area contributed by atoms with Crippen LogP contribution in [0.1, 0.15) is 32.3 Å². The van der Waals surface area contributed by atoms with Gasteiger partial charge < -0.3 is 4.90 Å². The lowest BCUT2D eigenvalue weighted by atomic mass is 9.93. The van der Waals surface area contributed by atoms with E-state index >= 15 is 0 Å². The third-order valence-electron chi connectivity index (χ3n) is 3.48. The van der Waals surface area contributed by atoms with E-state index in [0.717, 1.165) is 12.1 Å². The van der Waals surface area contributed by atoms with Gasteiger partial charge in [0.05, 0.1) is 4.92 Å². The summed E-state index contributed by atoms with van der Waals surface area (Å²) >= 11 is 0. The van der Waals surface area contributed by atoms with E-state index < -0.39 is 0 Å². The molecule has 0 radical (unpaired) electrons. The zero-order valence-electron chi connectivity index (χ0n) is 11.5. The number of benzene rings is 1. The fraction of sp³-hybridized carbons (Fsp3) is 0.333. The second-order valence-electron chi connectivity index (χ2n) is 4.74. The Morgan fingerprint density at radius 1 is 1.26 bits per heavy atom. The summed E-state index contributed by atoms with van der Waals surface area (Å²) in [6, 6.07) is 6.86. The second-order valence-corrected chi connectivity index (χ2v) is 4.74. The average molecular weight is 258 g/mol. The van der Waals surface area contributed by atoms with E-state index in [9.17, 15) is 10.1 Å². The number of non-ortho nitro benzene ring substituents is 1. The Morgan fingerprint density at radius 3 is 2.42 bits per heavy atom. The molecular formula is C15H18N2O2. The van der Waals surface area contributed by atoms with Crippen LogP contribution in [0, 0.1) is 10.1 Å². The van der Waals surface area contributed by atoms with E-state index in [1.807, 2.05) is 6.07 Å². The average Bonchev–Trinajstić information content (AvgIpc) is 2.38. The molecule has 100 valence electrons. The minimum Gasteiger partial charge on any atom is -0.350 e. The highest BCUT2D eigenvalue weighted by Gasteiger charge is 2.18. The van der Waals surface area contributed by atoms with Gasteiger partial charge in [-0.15, -0.1) is 0 Å². The van der Waals surface area contributed by atoms with Gasteiger partial charge in [-0.3, -0.25) is 10.1 Å². The number of nitrogens with zero attached hydrogens (tertiary/aromatic N) is 2. The molecule has 0 fully saturated rings. The van der Waals surface area contributed by atoms with Crippen LogP contribution in [0.4, 0.5) is 5.69 Å². The Bertz CT molecular complexity index is 541. The maximum absolute atomic E-state index is 10.8. The molecule has 0 bridgehead atoms. The first-order chi connectivity index (χ1) is 9.02. The van der Waals surface area contributed by atoms with Crippen molar-refractivity contribution in [3.05, 3.63) is 63.5 Å². The van der Waals surface area contributed by atoms with Gasteiger partial charge >= 0.3 is 0 Å². The molecule has 0 amide bonds. The van der Waals surface area contributed by atoms with Gasteiger partial charge in [0.1, 0.15) is 0 Å². The number of nitro groups is 1. The fourth-order valence-corrected chi connectivity index (χ4v) is 2.56. The summed E-state index contributed by atoms with van der Waals surface area (Å²) in [5.74, 6) is 0.114. The lowest BCUT2D eigenvalue weighted by molar-refractivity contribution is -0.384. The third-order valence-corrected chi connectivity index (χ3v) is 3.48. The quantitative estimate of drug-likeness (QED) is 0.611. The first-order valence-electron chi connectivity index (χ1n) is 6.41. The first kappa shape index (κ1) is 13.3. The molecule has 1 heterocycles. The summed E-state index contributed by atoms with van der Waals surface area (Å²) in [6.45, 7) is 7.20. The molecule has 0 aromatic heterocycles. The molecule has 0 saturated heterocycles. The fourth-order valence-electron chi connectivity index (χ4n) is 2.56. The van der Waals surface area contributed by atoms with E-state index in [-0.39, 0.29) is 16.5 Å². The first-order valence-corrected chi connectivity index (χ1v) is 6.41. The molecule has 1 aromatic carbocycles. The highest BCUT2D eigenvalue weighted by Crippen LogP contribution is 2.31. The maximum atomic E-state index is 10.8. The second kappa shape index (κ2) is 5.26. The van der Waals surface area contributed by atoms with Crippen LogP contribution < -0.4 is 0 Å². The van der Waals surface area contributed by atoms with Crippen LogP contribution >= 0.6 is 0 Å². The number of nitro benzene ring substituents is 1. The van der Waals surface area contributed by atoms with Gasteiger partial charge in [0.15, 0.2) is 0 Å². The van der Waals surface area contributed by atoms with Crippen molar-refractivity contribution in [3.8, 4) is 0 Å². The van der Waals surface area contributed by atoms with Gasteiger partial charge in [0, 0.05) is 36.0 Å². The molecule has 0 aliphatic carbocycles. The van der Waals surface area contributed by atoms with Crippen molar-refractivity contribution < 1.29 is 4.92 Å². The van der Waals surface area contributed by atoms with Crippen molar-refractivity contribution in [1.29, 1.82) is 0 Å². The molecule has 4 heteroatoms. The largest absolute Gasteiger partial charge is 0.350 e. The lowest BCUT2D eigenvalue weighted by Crippen LogP contribution is -2.23. The summed E-state index contributed by atoms with van der Waals surface area (Å²) in [4.78, 5) is 12.7. The molecule has 19 heavy (non-hydrogen) atoms. The summed E-state index contributed by atoms with van der Waals surface area (Å²) in [7, 11) is 0. The van der Waals surface area contributed by atoms with Crippen LogP contribution in [0.3, 0.4) is 0 Å². The van der Waals surface area contributed by atoms with Crippen molar-refractivity contribution >= 4 is 5.69 Å². The summed E-state index contributed by atoms with van der Waals surface area (Å²) in [6.07, 6.45) is 4.30. The molecule has 0 atom stereocenters. The maximum Gasteiger partial charge on any atom is 0.269 e. The molecule has 1 aliphatic rings. The van der Waals surface area contributed by atoms with Gasteiger partial charge in [-0.25, -0.2) is 0 Å². The summed E-state index contributed by atoms with van der Waals surface area (Å²) < 4.78 is 0. The predicted molar refractivity (Wildman–Crippen MR) is 75.7 cm³/mol. The van der Waals surface area contributed by atoms with Crippen LogP contribution in [-0.4, -0.2) is 16.4 Å². The molecule has 1 aromatic rings. The molecule has 2 rings (SSSR count). The van der Waals surface area contributed by atoms with Crippen molar-refractivity contribution in [2.75, 3.05) is 6.54 Å². The topological polar surface area (TPSA) is 46.4 Å². The zero-order valence-corrected chi connectivity index (χ0v) is 11.5. The van der Waals surface area contributed by atoms with Crippen LogP contribution in [0.25, 0.3) is 0 Å². The van der Waals surface area contributed by atoms with E-state index in [4.69, 9.17) is 0 Å². The molecular weight excluding hydrogens is 240 g/mol. The van der Waals surface area contributed by atoms with E-state index in [1.54, 1.807) is 12.1 Å². The third kappa shape index (κ3) is 2.67. The highest BCUT2D eigenvalue weighted by molar-refractivity contribution is 5.41. The molecule has 4 nitrogen and oxygen atoms in total. The van der Waals surface area contributed by atoms with E-state index in [2.05, 4.69) is 37.8 Å². The summed E-state index contributed by atoms with van der Waals surface area (Å²) in [5, 5.41) is 10.8. The van der Waals surface area contributed by atoms with Crippen molar-refractivity contribution in [1.82, 2.24) is 4.90 Å². The Hall–Kier alpha value is -2.10. The number of rotatable bonds is 3. The SMILES string of the molecule is CCN1C(C)=CC(c2cccc([N+](=O)[O-])c2)C=C1C. The molecule has 0 saturated carbocycles. The van der Waals surface area contributed by atoms with Gasteiger partial charge in [-0.05, 0) is 26.3 Å². The van der Waals surface area contributed by atoms with E-state index in [1.165, 1.54) is 17.5 Å². The molecule has 0 unspecified atom stereocenters. The monoisotopic (exact) mass is 258 g/mol. The van der Waals surface area contributed by atoms with Crippen LogP contribution in [0.5, 0.6) is 0 Å². The predicted octanol–water partition coefficient (Wildman–Crippen LogP) is 3.82. The van der Waals surface area contributed by atoms with Crippen molar-refractivity contribution in [2.45, 2.75) is 26.7 Å². The standard InChI is InChI=1S/C15H18N2O2/c1-4-16-11(2)8-14(9-12(16)3)13-6-5-7-15(10-13)17(18)19/h5-10,14H,4H2,1-3H3. The smallest absolute Gasteiger partial charge is 0.269 e. The minimum absolute atomic E-state index is 0.114. The van der Waals surface area contributed by atoms with Gasteiger partial charge in [0.2, 0.25) is 0 Å². The summed E-state index contributed by atoms with van der Waals surface area (Å²) in [5.41, 5.74) is 3.49. The molecule has 0 spiro atoms. The van der Waals surface area contributed by atoms with Crippen LogP contribution in [-0.2, 0) is 0 Å². The highest BCUT2D eigenvalue weighted by atomic mass is 16.6. The number of hydrogen-bond donors (Lipinski definition) is 0. The van der Waals surface area contributed by atoms with Gasteiger partial charge in [0.25, 0.3) is 5.69 Å².